The first-order chi connectivity index (χ1) is 20.4. The number of nitrogens with zero attached hydrogens (tertiary/aromatic N) is 3. The zero-order chi connectivity index (χ0) is 29.2. The van der Waals surface area contributed by atoms with Crippen LogP contribution in [0.4, 0.5) is 11.8 Å². The van der Waals surface area contributed by atoms with Crippen LogP contribution in [0.15, 0.2) is 72.8 Å². The third-order valence-corrected chi connectivity index (χ3v) is 9.48. The number of fused-ring (bicyclic) bond motifs is 2. The maximum Gasteiger partial charge on any atom is 0.252 e. The Morgan fingerprint density at radius 3 is 2.26 bits per heavy atom. The van der Waals surface area contributed by atoms with E-state index in [0.29, 0.717) is 34.4 Å². The Kier molecular flexibility index (Phi) is 7.89. The number of benzene rings is 3. The van der Waals surface area contributed by atoms with E-state index in [9.17, 15) is 9.59 Å². The first-order valence-corrected chi connectivity index (χ1v) is 15.3. The predicted octanol–water partition coefficient (Wildman–Crippen LogP) is 6.85. The normalized spacial score (nSPS) is 16.8. The van der Waals surface area contributed by atoms with Crippen LogP contribution in [0, 0.1) is 12.8 Å². The molecule has 2 aromatic heterocycles. The molecule has 2 N–H and O–H groups in total. The van der Waals surface area contributed by atoms with Crippen LogP contribution < -0.4 is 15.5 Å². The van der Waals surface area contributed by atoms with Gasteiger partial charge < -0.3 is 15.5 Å². The largest absolute Gasteiger partial charge is 0.362 e. The average Bonchev–Trinajstić information content (AvgIpc) is 3.36. The molecular weight excluding hydrogens is 542 g/mol. The SMILES string of the molecule is Cc1c(C(=O)c2ccccc2C(=O)NCC2CCC(Nc3nc(N(C)C)c4ccccc4n3)CC2)sc2ccccc12. The molecule has 42 heavy (non-hydrogen) atoms. The predicted molar refractivity (Wildman–Crippen MR) is 172 cm³/mol. The molecular formula is C34H35N5O2S. The molecule has 1 aliphatic rings. The van der Waals surface area contributed by atoms with Gasteiger partial charge in [-0.25, -0.2) is 4.98 Å². The summed E-state index contributed by atoms with van der Waals surface area (Å²) in [7, 11) is 3.99. The number of anilines is 2. The van der Waals surface area contributed by atoms with Crippen molar-refractivity contribution < 1.29 is 9.59 Å². The van der Waals surface area contributed by atoms with Crippen LogP contribution in [0.2, 0.25) is 0 Å². The molecule has 0 spiro atoms. The van der Waals surface area contributed by atoms with Gasteiger partial charge in [0.2, 0.25) is 11.7 Å². The van der Waals surface area contributed by atoms with Crippen molar-refractivity contribution in [3.63, 3.8) is 0 Å². The maximum atomic E-state index is 13.6. The van der Waals surface area contributed by atoms with Crippen LogP contribution in [-0.4, -0.2) is 48.3 Å². The summed E-state index contributed by atoms with van der Waals surface area (Å²) in [4.78, 5) is 39.2. The zero-order valence-electron chi connectivity index (χ0n) is 24.2. The van der Waals surface area contributed by atoms with Crippen molar-refractivity contribution in [1.82, 2.24) is 15.3 Å². The number of carbonyl (C=O) groups excluding carboxylic acids is 2. The summed E-state index contributed by atoms with van der Waals surface area (Å²) in [5.74, 6) is 1.65. The fourth-order valence-corrected chi connectivity index (χ4v) is 7.05. The minimum absolute atomic E-state index is 0.0978. The van der Waals surface area contributed by atoms with Crippen molar-refractivity contribution >= 4 is 55.8 Å². The number of aromatic nitrogens is 2. The summed E-state index contributed by atoms with van der Waals surface area (Å²) >= 11 is 1.49. The van der Waals surface area contributed by atoms with Gasteiger partial charge in [-0.2, -0.15) is 4.98 Å². The highest BCUT2D eigenvalue weighted by Gasteiger charge is 2.25. The van der Waals surface area contributed by atoms with Gasteiger partial charge >= 0.3 is 0 Å². The fraction of sp³-hybridized carbons (Fsp3) is 0.294. The number of hydrogen-bond acceptors (Lipinski definition) is 7. The second-order valence-electron chi connectivity index (χ2n) is 11.3. The van der Waals surface area contributed by atoms with Gasteiger partial charge in [0.15, 0.2) is 0 Å². The lowest BCUT2D eigenvalue weighted by atomic mass is 9.86. The summed E-state index contributed by atoms with van der Waals surface area (Å²) in [6.07, 6.45) is 3.95. The topological polar surface area (TPSA) is 87.2 Å². The molecule has 0 atom stereocenters. The van der Waals surface area contributed by atoms with E-state index in [1.54, 1.807) is 12.1 Å². The average molecular weight is 578 g/mol. The van der Waals surface area contributed by atoms with Crippen LogP contribution in [0.3, 0.4) is 0 Å². The van der Waals surface area contributed by atoms with Crippen molar-refractivity contribution in [2.24, 2.45) is 5.92 Å². The number of rotatable bonds is 8. The molecule has 6 rings (SSSR count). The molecule has 8 heteroatoms. The standard InChI is InChI=1S/C34H35N5O2S/c1-21-24-10-7-9-15-29(24)42-31(21)30(40)25-11-4-5-12-26(25)33(41)35-20-22-16-18-23(19-17-22)36-34-37-28-14-8-6-13-27(28)32(38-34)39(2)3/h4-15,22-23H,16-20H2,1-3H3,(H,35,41)(H,36,37,38). The highest BCUT2D eigenvalue weighted by atomic mass is 32.1. The quantitative estimate of drug-likeness (QED) is 0.196. The van der Waals surface area contributed by atoms with E-state index in [4.69, 9.17) is 9.97 Å². The second kappa shape index (κ2) is 11.9. The molecule has 1 fully saturated rings. The molecule has 0 bridgehead atoms. The third-order valence-electron chi connectivity index (χ3n) is 8.20. The Labute approximate surface area is 250 Å². The number of para-hydroxylation sites is 1. The van der Waals surface area contributed by atoms with Gasteiger partial charge in [-0.05, 0) is 73.7 Å². The molecule has 7 nitrogen and oxygen atoms in total. The van der Waals surface area contributed by atoms with E-state index in [2.05, 4.69) is 10.6 Å². The molecule has 1 aliphatic carbocycles. The van der Waals surface area contributed by atoms with Crippen molar-refractivity contribution in [2.75, 3.05) is 30.9 Å². The Morgan fingerprint density at radius 1 is 0.857 bits per heavy atom. The smallest absolute Gasteiger partial charge is 0.252 e. The number of aryl methyl sites for hydroxylation is 1. The number of ketones is 1. The van der Waals surface area contributed by atoms with Crippen LogP contribution in [0.1, 0.15) is 56.8 Å². The van der Waals surface area contributed by atoms with Gasteiger partial charge in [0.1, 0.15) is 5.82 Å². The monoisotopic (exact) mass is 577 g/mol. The van der Waals surface area contributed by atoms with Crippen LogP contribution in [0.25, 0.3) is 21.0 Å². The van der Waals surface area contributed by atoms with Crippen LogP contribution in [-0.2, 0) is 0 Å². The Hall–Kier alpha value is -4.30. The van der Waals surface area contributed by atoms with Gasteiger partial charge in [0.05, 0.1) is 16.0 Å². The highest BCUT2D eigenvalue weighted by molar-refractivity contribution is 7.21. The lowest BCUT2D eigenvalue weighted by Gasteiger charge is -2.29. The molecule has 1 saturated carbocycles. The summed E-state index contributed by atoms with van der Waals surface area (Å²) in [6, 6.07) is 23.5. The van der Waals surface area contributed by atoms with E-state index < -0.39 is 0 Å². The lowest BCUT2D eigenvalue weighted by molar-refractivity contribution is 0.0933. The summed E-state index contributed by atoms with van der Waals surface area (Å²) < 4.78 is 1.08. The summed E-state index contributed by atoms with van der Waals surface area (Å²) in [5.41, 5.74) is 2.77. The van der Waals surface area contributed by atoms with Crippen LogP contribution >= 0.6 is 11.3 Å². The lowest BCUT2D eigenvalue weighted by Crippen LogP contribution is -2.34. The van der Waals surface area contributed by atoms with Crippen LogP contribution in [0.5, 0.6) is 0 Å². The molecule has 2 heterocycles. The van der Waals surface area contributed by atoms with E-state index in [0.717, 1.165) is 58.1 Å². The molecule has 5 aromatic rings. The first-order valence-electron chi connectivity index (χ1n) is 14.5. The summed E-state index contributed by atoms with van der Waals surface area (Å²) in [6.45, 7) is 2.57. The van der Waals surface area contributed by atoms with Gasteiger partial charge in [-0.15, -0.1) is 11.3 Å². The Morgan fingerprint density at radius 2 is 1.52 bits per heavy atom. The second-order valence-corrected chi connectivity index (χ2v) is 12.3. The van der Waals surface area contributed by atoms with Crippen molar-refractivity contribution in [1.29, 1.82) is 0 Å². The van der Waals surface area contributed by atoms with E-state index in [1.165, 1.54) is 11.3 Å². The van der Waals surface area contributed by atoms with Crippen molar-refractivity contribution in [3.8, 4) is 0 Å². The number of thiophene rings is 1. The molecule has 214 valence electrons. The van der Waals surface area contributed by atoms with Gasteiger partial charge in [-0.3, -0.25) is 9.59 Å². The van der Waals surface area contributed by atoms with E-state index in [-0.39, 0.29) is 17.7 Å². The molecule has 1 amide bonds. The van der Waals surface area contributed by atoms with E-state index >= 15 is 0 Å². The molecule has 0 unspecified atom stereocenters. The highest BCUT2D eigenvalue weighted by Crippen LogP contribution is 2.33. The van der Waals surface area contributed by atoms with E-state index in [1.807, 2.05) is 86.6 Å². The Balaban J connectivity index is 1.07. The maximum absolute atomic E-state index is 13.6. The number of hydrogen-bond donors (Lipinski definition) is 2. The molecule has 3 aromatic carbocycles. The van der Waals surface area contributed by atoms with Gasteiger partial charge in [-0.1, -0.05) is 48.5 Å². The Bertz CT molecular complexity index is 1770. The molecule has 0 radical (unpaired) electrons. The van der Waals surface area contributed by atoms with Crippen molar-refractivity contribution in [3.05, 3.63) is 94.4 Å². The molecule has 0 saturated heterocycles. The minimum atomic E-state index is -0.196. The van der Waals surface area contributed by atoms with Gasteiger partial charge in [0, 0.05) is 42.3 Å². The zero-order valence-corrected chi connectivity index (χ0v) is 25.0. The number of nitrogens with one attached hydrogen (secondary N) is 2. The summed E-state index contributed by atoms with van der Waals surface area (Å²) in [5, 5.41) is 8.80. The van der Waals surface area contributed by atoms with Gasteiger partial charge in [0.25, 0.3) is 5.91 Å². The fourth-order valence-electron chi connectivity index (χ4n) is 5.88. The minimum Gasteiger partial charge on any atom is -0.362 e. The first kappa shape index (κ1) is 27.8. The third kappa shape index (κ3) is 5.59. The number of amides is 1. The molecule has 0 aliphatic heterocycles. The van der Waals surface area contributed by atoms with Crippen molar-refractivity contribution in [2.45, 2.75) is 38.6 Å². The number of carbonyl (C=O) groups is 2.